The number of aromatic nitrogens is 2. The summed E-state index contributed by atoms with van der Waals surface area (Å²) in [6, 6.07) is 15.4. The van der Waals surface area contributed by atoms with Gasteiger partial charge in [0, 0.05) is 17.5 Å². The summed E-state index contributed by atoms with van der Waals surface area (Å²) in [6.45, 7) is 2.18. The molecule has 4 aliphatic rings. The van der Waals surface area contributed by atoms with Gasteiger partial charge in [-0.2, -0.15) is 0 Å². The highest BCUT2D eigenvalue weighted by molar-refractivity contribution is 6.02. The number of nitrogens with zero attached hydrogens (tertiary/aromatic N) is 1. The highest BCUT2D eigenvalue weighted by atomic mass is 16.2. The minimum atomic E-state index is -0.491. The Kier molecular flexibility index (Phi) is 3.76. The fourth-order valence-corrected chi connectivity index (χ4v) is 6.07. The molecular weight excluding hydrogens is 390 g/mol. The minimum Gasteiger partial charge on any atom is -0.362 e. The number of hydrogen-bond donors (Lipinski definition) is 4. The summed E-state index contributed by atoms with van der Waals surface area (Å²) in [4.78, 5) is 33.8. The Labute approximate surface area is 180 Å². The highest BCUT2D eigenvalue weighted by Gasteiger charge is 2.60. The Morgan fingerprint density at radius 2 is 1.94 bits per heavy atom. The van der Waals surface area contributed by atoms with Crippen LogP contribution in [0.4, 0.5) is 11.6 Å². The Bertz CT molecular complexity index is 1190. The van der Waals surface area contributed by atoms with E-state index in [4.69, 9.17) is 0 Å². The molecule has 1 aromatic heterocycles. The molecule has 0 radical (unpaired) electrons. The molecule has 1 spiro atoms. The fourth-order valence-electron chi connectivity index (χ4n) is 6.07. The van der Waals surface area contributed by atoms with Crippen LogP contribution in [0.3, 0.4) is 0 Å². The number of benzene rings is 2. The quantitative estimate of drug-likeness (QED) is 0.510. The first-order valence-electron chi connectivity index (χ1n) is 10.9. The van der Waals surface area contributed by atoms with Crippen molar-refractivity contribution in [2.75, 3.05) is 10.6 Å². The van der Waals surface area contributed by atoms with E-state index in [9.17, 15) is 9.59 Å². The van der Waals surface area contributed by atoms with E-state index in [0.717, 1.165) is 42.4 Å². The van der Waals surface area contributed by atoms with Crippen molar-refractivity contribution in [2.45, 2.75) is 38.3 Å². The average Bonchev–Trinajstić information content (AvgIpc) is 3.15. The van der Waals surface area contributed by atoms with Crippen LogP contribution >= 0.6 is 0 Å². The maximum Gasteiger partial charge on any atom is 0.255 e. The van der Waals surface area contributed by atoms with Gasteiger partial charge in [0.15, 0.2) is 0 Å². The summed E-state index contributed by atoms with van der Waals surface area (Å²) in [5.74, 6) is 0.528. The zero-order valence-corrected chi connectivity index (χ0v) is 17.4. The molecular formula is C24H25N5O2. The molecule has 0 saturated heterocycles. The fraction of sp³-hybridized carbons (Fsp3) is 0.375. The van der Waals surface area contributed by atoms with Gasteiger partial charge in [0.05, 0.1) is 16.6 Å². The zero-order chi connectivity index (χ0) is 21.2. The van der Waals surface area contributed by atoms with Crippen molar-refractivity contribution in [3.8, 4) is 0 Å². The second-order valence-corrected chi connectivity index (χ2v) is 9.54. The topological polar surface area (TPSA) is 98.9 Å². The molecule has 3 fully saturated rings. The van der Waals surface area contributed by atoms with Crippen LogP contribution < -0.4 is 16.0 Å². The van der Waals surface area contributed by atoms with Gasteiger partial charge in [0.2, 0.25) is 11.9 Å². The number of aromatic amines is 1. The summed E-state index contributed by atoms with van der Waals surface area (Å²) in [5, 5.41) is 9.93. The van der Waals surface area contributed by atoms with Gasteiger partial charge in [-0.25, -0.2) is 4.98 Å². The van der Waals surface area contributed by atoms with Gasteiger partial charge in [-0.3, -0.25) is 14.9 Å². The van der Waals surface area contributed by atoms with Crippen LogP contribution in [0.25, 0.3) is 11.0 Å². The molecule has 31 heavy (non-hydrogen) atoms. The van der Waals surface area contributed by atoms with Crippen molar-refractivity contribution in [2.24, 2.45) is 17.3 Å². The maximum absolute atomic E-state index is 13.3. The van der Waals surface area contributed by atoms with Crippen molar-refractivity contribution < 1.29 is 9.59 Å². The summed E-state index contributed by atoms with van der Waals surface area (Å²) in [7, 11) is 0. The van der Waals surface area contributed by atoms with Crippen molar-refractivity contribution in [1.29, 1.82) is 0 Å². The van der Waals surface area contributed by atoms with Gasteiger partial charge in [0.25, 0.3) is 5.91 Å². The van der Waals surface area contributed by atoms with E-state index < -0.39 is 5.66 Å². The van der Waals surface area contributed by atoms with Gasteiger partial charge >= 0.3 is 0 Å². The van der Waals surface area contributed by atoms with Gasteiger partial charge in [-0.15, -0.1) is 0 Å². The summed E-state index contributed by atoms with van der Waals surface area (Å²) < 4.78 is 0. The van der Waals surface area contributed by atoms with Crippen LogP contribution in [0.1, 0.15) is 43.0 Å². The molecule has 0 unspecified atom stereocenters. The van der Waals surface area contributed by atoms with Crippen LogP contribution in [0.5, 0.6) is 0 Å². The van der Waals surface area contributed by atoms with E-state index in [0.29, 0.717) is 11.5 Å². The summed E-state index contributed by atoms with van der Waals surface area (Å²) in [5.41, 5.74) is 2.60. The molecule has 3 aliphatic carbocycles. The van der Waals surface area contributed by atoms with E-state index in [-0.39, 0.29) is 29.1 Å². The van der Waals surface area contributed by atoms with Gasteiger partial charge < -0.3 is 15.6 Å². The third kappa shape index (κ3) is 2.76. The smallest absolute Gasteiger partial charge is 0.255 e. The number of rotatable bonds is 2. The Hall–Kier alpha value is -3.35. The van der Waals surface area contributed by atoms with E-state index >= 15 is 0 Å². The number of imidazole rings is 1. The Balaban J connectivity index is 1.26. The van der Waals surface area contributed by atoms with Crippen LogP contribution in [0.15, 0.2) is 48.5 Å². The second-order valence-electron chi connectivity index (χ2n) is 9.54. The van der Waals surface area contributed by atoms with Crippen LogP contribution in [0.2, 0.25) is 0 Å². The number of nitrogens with one attached hydrogen (secondary N) is 4. The Morgan fingerprint density at radius 3 is 2.77 bits per heavy atom. The van der Waals surface area contributed by atoms with Crippen molar-refractivity contribution in [1.82, 2.24) is 15.3 Å². The monoisotopic (exact) mass is 415 g/mol. The normalized spacial score (nSPS) is 31.2. The molecule has 158 valence electrons. The average molecular weight is 415 g/mol. The van der Waals surface area contributed by atoms with Gasteiger partial charge in [0.1, 0.15) is 5.66 Å². The lowest BCUT2D eigenvalue weighted by Crippen LogP contribution is -2.70. The molecule has 7 rings (SSSR count). The van der Waals surface area contributed by atoms with Crippen molar-refractivity contribution >= 4 is 34.5 Å². The minimum absolute atomic E-state index is 0.00337. The van der Waals surface area contributed by atoms with Crippen molar-refractivity contribution in [3.63, 3.8) is 0 Å². The highest BCUT2D eigenvalue weighted by Crippen LogP contribution is 2.58. The molecule has 3 saturated carbocycles. The predicted molar refractivity (Wildman–Crippen MR) is 119 cm³/mol. The molecule has 2 bridgehead atoms. The standard InChI is InChI=1S/C24H25N5O2/c1-23-11-10-14(24(13-23)28-17-7-3-2-6-15(17)20(30)29-24)12-16(23)21(31)27-22-25-18-8-4-5-9-19(18)26-22/h2-9,14,16,28H,10-13H2,1H3,(H,29,30)(H2,25,26,27,31)/t14-,16+,23+,24-/m0/s1. The lowest BCUT2D eigenvalue weighted by atomic mass is 9.51. The SMILES string of the molecule is C[C@]12CC[C@@H](C[C@@H]1C(=O)Nc1nc3ccccc3[nH]1)[C@]1(C2)NC(=O)c2ccccc2N1. The lowest BCUT2D eigenvalue weighted by Gasteiger charge is -2.60. The van der Waals surface area contributed by atoms with E-state index in [2.05, 4.69) is 32.8 Å². The molecule has 2 amide bonds. The largest absolute Gasteiger partial charge is 0.362 e. The molecule has 3 aromatic rings. The third-order valence-electron chi connectivity index (χ3n) is 7.62. The molecule has 4 N–H and O–H groups in total. The van der Waals surface area contributed by atoms with Crippen LogP contribution in [0, 0.1) is 17.3 Å². The van der Waals surface area contributed by atoms with Gasteiger partial charge in [-0.1, -0.05) is 31.2 Å². The predicted octanol–water partition coefficient (Wildman–Crippen LogP) is 3.88. The molecule has 1 aliphatic heterocycles. The summed E-state index contributed by atoms with van der Waals surface area (Å²) in [6.07, 6.45) is 3.41. The number of anilines is 2. The number of amides is 2. The molecule has 2 aromatic carbocycles. The third-order valence-corrected chi connectivity index (χ3v) is 7.62. The molecule has 7 nitrogen and oxygen atoms in total. The van der Waals surface area contributed by atoms with Crippen molar-refractivity contribution in [3.05, 3.63) is 54.1 Å². The number of carbonyl (C=O) groups excluding carboxylic acids is 2. The van der Waals surface area contributed by atoms with Crippen LogP contribution in [-0.4, -0.2) is 27.4 Å². The zero-order valence-electron chi connectivity index (χ0n) is 17.4. The number of para-hydroxylation sites is 3. The number of fused-ring (bicyclic) bond motifs is 4. The first-order chi connectivity index (χ1) is 15.0. The second kappa shape index (κ2) is 6.33. The number of H-pyrrole nitrogens is 1. The number of carbonyl (C=O) groups is 2. The summed E-state index contributed by atoms with van der Waals surface area (Å²) >= 11 is 0. The van der Waals surface area contributed by atoms with E-state index in [1.807, 2.05) is 48.5 Å². The number of hydrogen-bond acceptors (Lipinski definition) is 4. The van der Waals surface area contributed by atoms with Crippen LogP contribution in [-0.2, 0) is 4.79 Å². The molecule has 2 heterocycles. The first-order valence-corrected chi connectivity index (χ1v) is 10.9. The van der Waals surface area contributed by atoms with E-state index in [1.54, 1.807) is 0 Å². The molecule has 4 atom stereocenters. The first kappa shape index (κ1) is 18.4. The van der Waals surface area contributed by atoms with E-state index in [1.165, 1.54) is 0 Å². The van der Waals surface area contributed by atoms with Gasteiger partial charge in [-0.05, 0) is 55.4 Å². The lowest BCUT2D eigenvalue weighted by molar-refractivity contribution is -0.134. The Morgan fingerprint density at radius 1 is 1.13 bits per heavy atom. The maximum atomic E-state index is 13.3. The molecule has 7 heteroatoms.